The lowest BCUT2D eigenvalue weighted by Crippen LogP contribution is -2.47. The maximum Gasteiger partial charge on any atom is 0.372 e. The number of fused-ring (bicyclic) bond motifs is 3. The van der Waals surface area contributed by atoms with Gasteiger partial charge in [0.15, 0.2) is 16.3 Å². The third-order valence-electron chi connectivity index (χ3n) is 7.49. The zero-order valence-corrected chi connectivity index (χ0v) is 23.7. The summed E-state index contributed by atoms with van der Waals surface area (Å²) in [5, 5.41) is 5.74. The molecule has 7 bridgehead atoms. The Labute approximate surface area is 239 Å². The van der Waals surface area contributed by atoms with Gasteiger partial charge in [-0.3, -0.25) is 9.11 Å². The Morgan fingerprint density at radius 2 is 1.40 bits per heavy atom. The van der Waals surface area contributed by atoms with Crippen LogP contribution in [0.4, 0.5) is 27.5 Å². The van der Waals surface area contributed by atoms with Crippen molar-refractivity contribution in [2.75, 3.05) is 17.7 Å². The zero-order valence-electron chi connectivity index (χ0n) is 22.1. The van der Waals surface area contributed by atoms with Crippen LogP contribution in [-0.4, -0.2) is 49.5 Å². The van der Waals surface area contributed by atoms with Gasteiger partial charge in [0, 0.05) is 52.9 Å². The third kappa shape index (κ3) is 4.24. The Morgan fingerprint density at radius 1 is 0.786 bits per heavy atom. The predicted molar refractivity (Wildman–Crippen MR) is 157 cm³/mol. The van der Waals surface area contributed by atoms with Crippen LogP contribution in [0.3, 0.4) is 0 Å². The first-order valence-corrected chi connectivity index (χ1v) is 15.3. The number of carbonyl (C=O) groups is 2. The fraction of sp³-hybridized carbons (Fsp3) is 0.0714. The average molecular weight is 608 g/mol. The van der Waals surface area contributed by atoms with Crippen molar-refractivity contribution in [1.82, 2.24) is 9.05 Å². The molecule has 1 aromatic heterocycles. The van der Waals surface area contributed by atoms with Gasteiger partial charge in [-0.25, -0.2) is 9.59 Å². The highest BCUT2D eigenvalue weighted by molar-refractivity contribution is 7.86. The van der Waals surface area contributed by atoms with Gasteiger partial charge in [-0.05, 0) is 60.0 Å². The van der Waals surface area contributed by atoms with Crippen molar-refractivity contribution in [3.05, 3.63) is 84.7 Å². The first kappa shape index (κ1) is 27.6. The maximum atomic E-state index is 14.6. The number of aromatic nitrogens is 1. The Kier molecular flexibility index (Phi) is 6.04. The van der Waals surface area contributed by atoms with Gasteiger partial charge in [0.25, 0.3) is 10.1 Å². The van der Waals surface area contributed by atoms with Crippen LogP contribution in [0, 0.1) is 0 Å². The lowest BCUT2D eigenvalue weighted by molar-refractivity contribution is 0.0850. The Bertz CT molecular complexity index is 2220. The molecular formula is C28H23N4O8S2+. The van der Waals surface area contributed by atoms with Gasteiger partial charge in [0.05, 0.1) is 7.05 Å². The van der Waals surface area contributed by atoms with Gasteiger partial charge in [0.2, 0.25) is 0 Å². The van der Waals surface area contributed by atoms with Gasteiger partial charge in [-0.15, -0.1) is 0 Å². The van der Waals surface area contributed by atoms with E-state index in [1.165, 1.54) is 49.5 Å². The topological polar surface area (TPSA) is 172 Å². The summed E-state index contributed by atoms with van der Waals surface area (Å²) in [4.78, 5) is 26.3. The van der Waals surface area contributed by atoms with E-state index in [1.54, 1.807) is 42.1 Å². The second-order valence-electron chi connectivity index (χ2n) is 10.0. The van der Waals surface area contributed by atoms with E-state index in [2.05, 4.69) is 10.6 Å². The fourth-order valence-electron chi connectivity index (χ4n) is 5.53. The largest absolute Gasteiger partial charge is 0.372 e. The van der Waals surface area contributed by atoms with Crippen LogP contribution in [0.1, 0.15) is 10.5 Å². The second-order valence-corrected chi connectivity index (χ2v) is 12.8. The molecule has 4 N–H and O–H groups in total. The van der Waals surface area contributed by atoms with E-state index < -0.39 is 46.4 Å². The summed E-state index contributed by atoms with van der Waals surface area (Å²) >= 11 is 0. The summed E-state index contributed by atoms with van der Waals surface area (Å²) in [5.74, 6) is -0.605. The van der Waals surface area contributed by atoms with Crippen LogP contribution in [0.25, 0.3) is 21.5 Å². The van der Waals surface area contributed by atoms with Crippen molar-refractivity contribution < 1.29 is 35.5 Å². The Morgan fingerprint density at radius 3 is 2.02 bits per heavy atom. The minimum absolute atomic E-state index is 0.0357. The number of hydrogen-bond donors (Lipinski definition) is 4. The molecule has 2 aliphatic heterocycles. The second kappa shape index (κ2) is 9.20. The van der Waals surface area contributed by atoms with Crippen LogP contribution < -0.4 is 15.1 Å². The molecule has 2 aliphatic rings. The molecule has 0 saturated carbocycles. The van der Waals surface area contributed by atoms with E-state index in [1.807, 2.05) is 0 Å². The van der Waals surface area contributed by atoms with Crippen LogP contribution in [0.2, 0.25) is 0 Å². The molecule has 5 aromatic rings. The number of nitrogens with zero attached hydrogens (tertiary/aromatic N) is 2. The van der Waals surface area contributed by atoms with E-state index in [9.17, 15) is 35.5 Å². The molecule has 14 heteroatoms. The molecular weight excluding hydrogens is 584 g/mol. The average Bonchev–Trinajstić information content (AvgIpc) is 3.34. The molecule has 3 amide bonds. The van der Waals surface area contributed by atoms with E-state index in [0.717, 1.165) is 6.07 Å². The summed E-state index contributed by atoms with van der Waals surface area (Å²) in [6.45, 7) is 0. The van der Waals surface area contributed by atoms with Crippen molar-refractivity contribution in [3.8, 4) is 0 Å². The number of amides is 3. The molecule has 7 rings (SSSR count). The van der Waals surface area contributed by atoms with Crippen molar-refractivity contribution >= 4 is 76.5 Å². The van der Waals surface area contributed by atoms with Crippen molar-refractivity contribution in [3.63, 3.8) is 0 Å². The van der Waals surface area contributed by atoms with Gasteiger partial charge in [-0.2, -0.15) is 21.3 Å². The number of rotatable bonds is 3. The van der Waals surface area contributed by atoms with Gasteiger partial charge < -0.3 is 15.2 Å². The summed E-state index contributed by atoms with van der Waals surface area (Å²) in [7, 11) is -6.73. The summed E-state index contributed by atoms with van der Waals surface area (Å²) in [6, 6.07) is 16.6. The molecule has 0 aliphatic carbocycles. The molecule has 214 valence electrons. The number of aryl methyl sites for hydroxylation is 1. The van der Waals surface area contributed by atoms with Crippen molar-refractivity contribution in [1.29, 1.82) is 0 Å². The van der Waals surface area contributed by atoms with Crippen LogP contribution in [0.15, 0.2) is 88.8 Å². The zero-order chi connectivity index (χ0) is 30.2. The van der Waals surface area contributed by atoms with Crippen LogP contribution >= 0.6 is 0 Å². The van der Waals surface area contributed by atoms with E-state index >= 15 is 0 Å². The Balaban J connectivity index is 1.86. The van der Waals surface area contributed by atoms with Gasteiger partial charge in [0.1, 0.15) is 10.6 Å². The lowest BCUT2D eigenvalue weighted by atomic mass is 10.0. The molecule has 0 fully saturated rings. The minimum atomic E-state index is -5.02. The number of quaternary nitrogens is 1. The quantitative estimate of drug-likeness (QED) is 0.166. The molecule has 0 spiro atoms. The molecule has 1 unspecified atom stereocenters. The molecule has 1 atom stereocenters. The molecule has 0 radical (unpaired) electrons. The first-order chi connectivity index (χ1) is 19.7. The highest BCUT2D eigenvalue weighted by Gasteiger charge is 2.45. The number of benzene rings is 4. The minimum Gasteiger partial charge on any atom is -0.343 e. The van der Waals surface area contributed by atoms with Crippen molar-refractivity contribution in [2.24, 2.45) is 7.05 Å². The molecule has 0 saturated heterocycles. The number of anilines is 2. The predicted octanol–water partition coefficient (Wildman–Crippen LogP) is 4.89. The SMILES string of the molecule is Cn1cccc1C(=O)[N+]1(C)c2ccc3ccc(cc3c2S(=O)(=O)O)NC(=O)Nc2ccc3c1ccc(S(=O)(=O)O)c3c2. The standard InChI is InChI=1S/C28H22N4O8S2/c1-31-13-3-4-22(31)27(33)32(2)23-11-12-25(41(35,36)37)21-15-18(8-9-19(21)23)30-28(34)29-17-7-5-16-6-10-24(32)26(20(16)14-17)42(38,39)40/h3-15H,1-2H3,(H3-,29,30,34,35,36,37,38,39,40)/p+1. The van der Waals surface area contributed by atoms with E-state index in [0.29, 0.717) is 5.39 Å². The first-order valence-electron chi connectivity index (χ1n) is 12.4. The molecule has 42 heavy (non-hydrogen) atoms. The van der Waals surface area contributed by atoms with Gasteiger partial charge >= 0.3 is 22.1 Å². The number of carbonyl (C=O) groups excluding carboxylic acids is 2. The van der Waals surface area contributed by atoms with E-state index in [4.69, 9.17) is 0 Å². The summed E-state index contributed by atoms with van der Waals surface area (Å²) < 4.78 is 72.4. The smallest absolute Gasteiger partial charge is 0.343 e. The highest BCUT2D eigenvalue weighted by Crippen LogP contribution is 2.46. The Hall–Kier alpha value is -4.60. The monoisotopic (exact) mass is 607 g/mol. The summed E-state index contributed by atoms with van der Waals surface area (Å²) in [5.41, 5.74) is 0.545. The lowest BCUT2D eigenvalue weighted by Gasteiger charge is -2.33. The number of urea groups is 1. The molecule has 4 aromatic carbocycles. The van der Waals surface area contributed by atoms with Gasteiger partial charge in [-0.1, -0.05) is 6.07 Å². The van der Waals surface area contributed by atoms with E-state index in [-0.39, 0.29) is 44.6 Å². The highest BCUT2D eigenvalue weighted by atomic mass is 32.2. The van der Waals surface area contributed by atoms with Crippen molar-refractivity contribution in [2.45, 2.75) is 9.79 Å². The van der Waals surface area contributed by atoms with Crippen LogP contribution in [0.5, 0.6) is 0 Å². The van der Waals surface area contributed by atoms with Crippen LogP contribution in [-0.2, 0) is 27.3 Å². The maximum absolute atomic E-state index is 14.6. The molecule has 3 heterocycles. The molecule has 12 nitrogen and oxygen atoms in total. The third-order valence-corrected chi connectivity index (χ3v) is 9.35. The summed E-state index contributed by atoms with van der Waals surface area (Å²) in [6.07, 6.45) is 1.64. The normalized spacial score (nSPS) is 17.1. The number of nitrogens with one attached hydrogen (secondary N) is 2. The number of hydrogen-bond acceptors (Lipinski definition) is 6. The fourth-order valence-corrected chi connectivity index (χ4v) is 7.19.